The van der Waals surface area contributed by atoms with Gasteiger partial charge in [-0.25, -0.2) is 0 Å². The maximum atomic E-state index is 5.76. The lowest BCUT2D eigenvalue weighted by Crippen LogP contribution is -2.83. The Morgan fingerprint density at radius 1 is 0.900 bits per heavy atom. The molecule has 0 bridgehead atoms. The topological polar surface area (TPSA) is 35.1 Å². The van der Waals surface area contributed by atoms with E-state index >= 15 is 0 Å². The minimum Gasteiger partial charge on any atom is -0.489 e. The van der Waals surface area contributed by atoms with Crippen LogP contribution in [0.1, 0.15) is 11.1 Å². The van der Waals surface area contributed by atoms with E-state index in [4.69, 9.17) is 9.47 Å². The van der Waals surface area contributed by atoms with Crippen LogP contribution in [-0.2, 0) is 17.9 Å². The Hall–Kier alpha value is -1.84. The second kappa shape index (κ2) is 8.35. The summed E-state index contributed by atoms with van der Waals surface area (Å²) < 4.78 is 10.8. The van der Waals surface area contributed by atoms with Gasteiger partial charge >= 0.3 is 0 Å². The molecule has 20 heavy (non-hydrogen) atoms. The molecule has 0 heterocycles. The molecular formula is C17H22NO2+. The van der Waals surface area contributed by atoms with Gasteiger partial charge < -0.3 is 14.8 Å². The van der Waals surface area contributed by atoms with Crippen molar-refractivity contribution in [3.05, 3.63) is 65.7 Å². The Kier molecular flexibility index (Phi) is 6.08. The molecule has 0 saturated carbocycles. The van der Waals surface area contributed by atoms with Crippen LogP contribution in [0.15, 0.2) is 54.6 Å². The van der Waals surface area contributed by atoms with Crippen molar-refractivity contribution in [2.24, 2.45) is 0 Å². The highest BCUT2D eigenvalue weighted by Gasteiger charge is 1.98. The van der Waals surface area contributed by atoms with Gasteiger partial charge in [0.2, 0.25) is 0 Å². The van der Waals surface area contributed by atoms with E-state index in [0.717, 1.165) is 25.4 Å². The van der Waals surface area contributed by atoms with Crippen molar-refractivity contribution in [3.8, 4) is 5.75 Å². The van der Waals surface area contributed by atoms with Crippen molar-refractivity contribution >= 4 is 0 Å². The lowest BCUT2D eigenvalue weighted by molar-refractivity contribution is -0.671. The number of ether oxygens (including phenoxy) is 2. The van der Waals surface area contributed by atoms with E-state index in [1.54, 1.807) is 7.11 Å². The number of hydrogen-bond donors (Lipinski definition) is 1. The SMILES string of the molecule is COCC[NH2+]Cc1ccc(OCc2ccccc2)cc1. The van der Waals surface area contributed by atoms with E-state index in [9.17, 15) is 0 Å². The van der Waals surface area contributed by atoms with Crippen molar-refractivity contribution in [2.45, 2.75) is 13.2 Å². The fourth-order valence-electron chi connectivity index (χ4n) is 1.93. The van der Waals surface area contributed by atoms with Crippen molar-refractivity contribution < 1.29 is 14.8 Å². The van der Waals surface area contributed by atoms with Crippen LogP contribution in [0.5, 0.6) is 5.75 Å². The van der Waals surface area contributed by atoms with Gasteiger partial charge in [-0.1, -0.05) is 30.3 Å². The number of hydrogen-bond acceptors (Lipinski definition) is 2. The summed E-state index contributed by atoms with van der Waals surface area (Å²) in [7, 11) is 1.73. The fraction of sp³-hybridized carbons (Fsp3) is 0.294. The fourth-order valence-corrected chi connectivity index (χ4v) is 1.93. The third-order valence-electron chi connectivity index (χ3n) is 3.08. The van der Waals surface area contributed by atoms with Crippen LogP contribution in [0, 0.1) is 0 Å². The van der Waals surface area contributed by atoms with Gasteiger partial charge in [-0.2, -0.15) is 0 Å². The van der Waals surface area contributed by atoms with Gasteiger partial charge in [0.15, 0.2) is 0 Å². The average molecular weight is 272 g/mol. The zero-order chi connectivity index (χ0) is 14.0. The standard InChI is InChI=1S/C17H21NO2/c1-19-12-11-18-13-15-7-9-17(10-8-15)20-14-16-5-3-2-4-6-16/h2-10,18H,11-14H2,1H3/p+1. The molecule has 0 fully saturated rings. The number of quaternary nitrogens is 1. The molecule has 0 amide bonds. The maximum absolute atomic E-state index is 5.76. The molecule has 3 heteroatoms. The number of methoxy groups -OCH3 is 1. The first-order valence-corrected chi connectivity index (χ1v) is 6.95. The Balaban J connectivity index is 1.76. The van der Waals surface area contributed by atoms with E-state index in [2.05, 4.69) is 29.6 Å². The van der Waals surface area contributed by atoms with E-state index in [-0.39, 0.29) is 0 Å². The second-order valence-electron chi connectivity index (χ2n) is 4.69. The highest BCUT2D eigenvalue weighted by Crippen LogP contribution is 2.13. The van der Waals surface area contributed by atoms with Gasteiger partial charge in [-0.3, -0.25) is 0 Å². The molecule has 3 nitrogen and oxygen atoms in total. The van der Waals surface area contributed by atoms with E-state index in [0.29, 0.717) is 6.61 Å². The van der Waals surface area contributed by atoms with Gasteiger partial charge in [0.1, 0.15) is 18.9 Å². The Bertz CT molecular complexity index is 482. The number of rotatable bonds is 8. The summed E-state index contributed by atoms with van der Waals surface area (Å²) in [6.07, 6.45) is 0. The molecule has 0 aliphatic heterocycles. The van der Waals surface area contributed by atoms with Gasteiger partial charge in [-0.15, -0.1) is 0 Å². The predicted octanol–water partition coefficient (Wildman–Crippen LogP) is 1.98. The monoisotopic (exact) mass is 272 g/mol. The van der Waals surface area contributed by atoms with Gasteiger partial charge in [0, 0.05) is 12.7 Å². The molecule has 2 N–H and O–H groups in total. The van der Waals surface area contributed by atoms with Crippen LogP contribution in [0.3, 0.4) is 0 Å². The molecule has 0 atom stereocenters. The molecule has 0 aliphatic carbocycles. The summed E-state index contributed by atoms with van der Waals surface area (Å²) >= 11 is 0. The molecule has 106 valence electrons. The van der Waals surface area contributed by atoms with Crippen molar-refractivity contribution in [2.75, 3.05) is 20.3 Å². The Labute approximate surface area is 120 Å². The molecular weight excluding hydrogens is 250 g/mol. The van der Waals surface area contributed by atoms with Crippen LogP contribution < -0.4 is 10.1 Å². The maximum Gasteiger partial charge on any atom is 0.119 e. The summed E-state index contributed by atoms with van der Waals surface area (Å²) in [5, 5.41) is 2.24. The molecule has 0 saturated heterocycles. The Morgan fingerprint density at radius 2 is 1.65 bits per heavy atom. The highest BCUT2D eigenvalue weighted by atomic mass is 16.5. The van der Waals surface area contributed by atoms with Crippen molar-refractivity contribution in [3.63, 3.8) is 0 Å². The third-order valence-corrected chi connectivity index (χ3v) is 3.08. The summed E-state index contributed by atoms with van der Waals surface area (Å²) in [5.74, 6) is 0.912. The highest BCUT2D eigenvalue weighted by molar-refractivity contribution is 5.27. The van der Waals surface area contributed by atoms with Gasteiger partial charge in [0.25, 0.3) is 0 Å². The molecule has 0 spiro atoms. The molecule has 2 rings (SSSR count). The summed E-state index contributed by atoms with van der Waals surface area (Å²) in [4.78, 5) is 0. The quantitative estimate of drug-likeness (QED) is 0.746. The van der Waals surface area contributed by atoms with E-state index in [1.807, 2.05) is 30.3 Å². The normalized spacial score (nSPS) is 10.4. The summed E-state index contributed by atoms with van der Waals surface area (Å²) in [6.45, 7) is 3.36. The minimum absolute atomic E-state index is 0.611. The molecule has 2 aromatic carbocycles. The first-order valence-electron chi connectivity index (χ1n) is 6.95. The van der Waals surface area contributed by atoms with E-state index in [1.165, 1.54) is 11.1 Å². The first-order chi connectivity index (χ1) is 9.88. The van der Waals surface area contributed by atoms with Crippen molar-refractivity contribution in [1.82, 2.24) is 0 Å². The smallest absolute Gasteiger partial charge is 0.119 e. The minimum atomic E-state index is 0.611. The summed E-state index contributed by atoms with van der Waals surface area (Å²) in [6, 6.07) is 18.5. The van der Waals surface area contributed by atoms with Crippen molar-refractivity contribution in [1.29, 1.82) is 0 Å². The second-order valence-corrected chi connectivity index (χ2v) is 4.69. The average Bonchev–Trinajstić information content (AvgIpc) is 2.52. The van der Waals surface area contributed by atoms with Crippen LogP contribution >= 0.6 is 0 Å². The molecule has 0 radical (unpaired) electrons. The van der Waals surface area contributed by atoms with Crippen LogP contribution in [0.4, 0.5) is 0 Å². The van der Waals surface area contributed by atoms with E-state index < -0.39 is 0 Å². The zero-order valence-electron chi connectivity index (χ0n) is 11.9. The molecule has 2 aromatic rings. The number of nitrogens with two attached hydrogens (primary N) is 1. The molecule has 0 aromatic heterocycles. The largest absolute Gasteiger partial charge is 0.489 e. The molecule has 0 unspecified atom stereocenters. The Morgan fingerprint density at radius 3 is 2.35 bits per heavy atom. The van der Waals surface area contributed by atoms with Crippen LogP contribution in [-0.4, -0.2) is 20.3 Å². The first kappa shape index (κ1) is 14.6. The van der Waals surface area contributed by atoms with Gasteiger partial charge in [0.05, 0.1) is 13.2 Å². The predicted molar refractivity (Wildman–Crippen MR) is 79.6 cm³/mol. The summed E-state index contributed by atoms with van der Waals surface area (Å²) in [5.41, 5.74) is 2.48. The lowest BCUT2D eigenvalue weighted by Gasteiger charge is -2.07. The lowest BCUT2D eigenvalue weighted by atomic mass is 10.2. The zero-order valence-corrected chi connectivity index (χ0v) is 11.9. The number of benzene rings is 2. The van der Waals surface area contributed by atoms with Crippen LogP contribution in [0.2, 0.25) is 0 Å². The van der Waals surface area contributed by atoms with Gasteiger partial charge in [-0.05, 0) is 29.8 Å². The van der Waals surface area contributed by atoms with Crippen LogP contribution in [0.25, 0.3) is 0 Å². The third kappa shape index (κ3) is 5.03. The molecule has 0 aliphatic rings.